The van der Waals surface area contributed by atoms with Gasteiger partial charge >= 0.3 is 0 Å². The molecule has 272 valence electrons. The first-order chi connectivity index (χ1) is 23.9. The Labute approximate surface area is 298 Å². The molecule has 0 saturated carbocycles. The van der Waals surface area contributed by atoms with Crippen LogP contribution in [0.5, 0.6) is 0 Å². The van der Waals surface area contributed by atoms with Crippen molar-refractivity contribution in [2.24, 2.45) is 5.92 Å². The van der Waals surface area contributed by atoms with Crippen molar-refractivity contribution in [2.75, 3.05) is 12.0 Å². The number of hydrogen-bond acceptors (Lipinski definition) is 9. The molecular formula is C37H50N4O8S. The van der Waals surface area contributed by atoms with Gasteiger partial charge in [0, 0.05) is 12.8 Å². The molecule has 3 aliphatic rings. The molecule has 4 N–H and O–H groups in total. The Morgan fingerprint density at radius 3 is 2.08 bits per heavy atom. The Balaban J connectivity index is 1.47. The highest BCUT2D eigenvalue weighted by molar-refractivity contribution is 7.98. The predicted octanol–water partition coefficient (Wildman–Crippen LogP) is 2.83. The molecule has 0 bridgehead atoms. The third-order valence-electron chi connectivity index (χ3n) is 8.96. The molecule has 3 heterocycles. The number of carbonyl (C=O) groups excluding carboxylic acids is 4. The number of ether oxygens (including phenoxy) is 4. The van der Waals surface area contributed by atoms with E-state index in [4.69, 9.17) is 18.9 Å². The average molecular weight is 711 g/mol. The second kappa shape index (κ2) is 17.1. The molecule has 5 rings (SSSR count). The van der Waals surface area contributed by atoms with Crippen LogP contribution in [0.15, 0.2) is 60.7 Å². The van der Waals surface area contributed by atoms with Crippen molar-refractivity contribution in [3.63, 3.8) is 0 Å². The molecule has 0 unspecified atom stereocenters. The monoisotopic (exact) mass is 710 g/mol. The first-order valence-electron chi connectivity index (χ1n) is 17.3. The van der Waals surface area contributed by atoms with Crippen LogP contribution in [0.4, 0.5) is 0 Å². The summed E-state index contributed by atoms with van der Waals surface area (Å²) in [4.78, 5) is 55.6. The van der Waals surface area contributed by atoms with Crippen molar-refractivity contribution in [1.82, 2.24) is 21.3 Å². The van der Waals surface area contributed by atoms with Crippen molar-refractivity contribution in [3.05, 3.63) is 71.8 Å². The molecule has 0 spiro atoms. The minimum Gasteiger partial charge on any atom is -0.368 e. The van der Waals surface area contributed by atoms with Crippen LogP contribution in [-0.2, 0) is 51.2 Å². The third-order valence-corrected chi connectivity index (χ3v) is 9.60. The number of amides is 4. The Bertz CT molecular complexity index is 1460. The highest BCUT2D eigenvalue weighted by Gasteiger charge is 2.57. The fourth-order valence-corrected chi connectivity index (χ4v) is 7.05. The van der Waals surface area contributed by atoms with Crippen molar-refractivity contribution in [3.8, 4) is 0 Å². The van der Waals surface area contributed by atoms with Crippen molar-refractivity contribution in [2.45, 2.75) is 115 Å². The first kappa shape index (κ1) is 37.8. The topological polar surface area (TPSA) is 153 Å². The van der Waals surface area contributed by atoms with Crippen LogP contribution in [0.1, 0.15) is 58.1 Å². The molecule has 50 heavy (non-hydrogen) atoms. The molecule has 0 radical (unpaired) electrons. The second-order valence-electron chi connectivity index (χ2n) is 14.0. The van der Waals surface area contributed by atoms with Gasteiger partial charge in [0.05, 0.1) is 12.6 Å². The fraction of sp³-hybridized carbons (Fsp3) is 0.568. The number of benzene rings is 2. The largest absolute Gasteiger partial charge is 0.368 e. The van der Waals surface area contributed by atoms with Gasteiger partial charge in [-0.3, -0.25) is 19.2 Å². The lowest BCUT2D eigenvalue weighted by Gasteiger charge is -2.32. The van der Waals surface area contributed by atoms with Crippen molar-refractivity contribution < 1.29 is 38.1 Å². The number of nitrogens with one attached hydrogen (secondary N) is 4. The predicted molar refractivity (Wildman–Crippen MR) is 189 cm³/mol. The maximum absolute atomic E-state index is 14.1. The van der Waals surface area contributed by atoms with Gasteiger partial charge in [-0.1, -0.05) is 74.5 Å². The maximum Gasteiger partial charge on any atom is 0.243 e. The summed E-state index contributed by atoms with van der Waals surface area (Å²) in [6.07, 6.45) is -0.443. The Morgan fingerprint density at radius 2 is 1.42 bits per heavy atom. The quantitative estimate of drug-likeness (QED) is 0.276. The lowest BCUT2D eigenvalue weighted by molar-refractivity contribution is -0.222. The van der Waals surface area contributed by atoms with E-state index < -0.39 is 78.2 Å². The molecule has 2 aromatic rings. The number of rotatable bonds is 11. The van der Waals surface area contributed by atoms with E-state index in [-0.39, 0.29) is 25.4 Å². The van der Waals surface area contributed by atoms with Gasteiger partial charge in [0.25, 0.3) is 0 Å². The fourth-order valence-electron chi connectivity index (χ4n) is 6.58. The van der Waals surface area contributed by atoms with Gasteiger partial charge in [-0.25, -0.2) is 0 Å². The third kappa shape index (κ3) is 10.1. The minimum absolute atomic E-state index is 0.0367. The molecule has 4 amide bonds. The van der Waals surface area contributed by atoms with Crippen LogP contribution in [-0.4, -0.2) is 90.2 Å². The van der Waals surface area contributed by atoms with E-state index in [2.05, 4.69) is 21.3 Å². The zero-order valence-electron chi connectivity index (χ0n) is 29.4. The van der Waals surface area contributed by atoms with E-state index in [9.17, 15) is 19.2 Å². The molecule has 0 aromatic heterocycles. The van der Waals surface area contributed by atoms with Gasteiger partial charge in [0.2, 0.25) is 23.6 Å². The Kier molecular flexibility index (Phi) is 12.9. The summed E-state index contributed by atoms with van der Waals surface area (Å²) in [6.45, 7) is 7.72. The first-order valence-corrected chi connectivity index (χ1v) is 18.7. The van der Waals surface area contributed by atoms with Gasteiger partial charge in [0.15, 0.2) is 12.1 Å². The van der Waals surface area contributed by atoms with Gasteiger partial charge < -0.3 is 40.2 Å². The van der Waals surface area contributed by atoms with Gasteiger partial charge in [-0.05, 0) is 55.7 Å². The molecule has 13 heteroatoms. The van der Waals surface area contributed by atoms with Crippen molar-refractivity contribution in [1.29, 1.82) is 0 Å². The molecule has 3 fully saturated rings. The van der Waals surface area contributed by atoms with Crippen molar-refractivity contribution >= 4 is 35.4 Å². The smallest absolute Gasteiger partial charge is 0.243 e. The minimum atomic E-state index is -0.983. The van der Waals surface area contributed by atoms with E-state index in [1.54, 1.807) is 25.6 Å². The summed E-state index contributed by atoms with van der Waals surface area (Å²) in [6, 6.07) is 15.2. The zero-order chi connectivity index (χ0) is 35.8. The molecule has 12 nitrogen and oxygen atoms in total. The lowest BCUT2D eigenvalue weighted by atomic mass is 9.97. The lowest BCUT2D eigenvalue weighted by Crippen LogP contribution is -2.58. The standard InChI is InChI=1S/C37H50N4O8S/c1-22(2)18-27-34(44)39-26(30-31(46-21-24-14-10-7-11-15-24)32-36(47-30)49-37(3,4)48-32)20-29(42)38-25(16-17-50-5)33(43)41-28(35(45)40-27)19-23-12-8-6-9-13-23/h6-15,22,25-28,30-32,36H,16-21H2,1-5H3,(H,38,42)(H,39,44)(H,40,45)(H,41,43)/t25-,26-,27-,28-,30+,31-,32+,36+/m0/s1. The van der Waals surface area contributed by atoms with Crippen LogP contribution in [0.25, 0.3) is 0 Å². The highest BCUT2D eigenvalue weighted by Crippen LogP contribution is 2.40. The number of hydrogen-bond donors (Lipinski definition) is 4. The van der Waals surface area contributed by atoms with Crippen LogP contribution in [0, 0.1) is 5.92 Å². The van der Waals surface area contributed by atoms with Gasteiger partial charge in [0.1, 0.15) is 36.4 Å². The molecule has 2 aromatic carbocycles. The summed E-state index contributed by atoms with van der Waals surface area (Å²) in [5.74, 6) is -2.19. The van der Waals surface area contributed by atoms with Crippen LogP contribution in [0.3, 0.4) is 0 Å². The highest BCUT2D eigenvalue weighted by atomic mass is 32.2. The summed E-state index contributed by atoms with van der Waals surface area (Å²) >= 11 is 1.54. The summed E-state index contributed by atoms with van der Waals surface area (Å²) in [5.41, 5.74) is 1.77. The van der Waals surface area contributed by atoms with Crippen LogP contribution >= 0.6 is 11.8 Å². The maximum atomic E-state index is 14.1. The van der Waals surface area contributed by atoms with E-state index in [1.807, 2.05) is 80.8 Å². The number of thioether (sulfide) groups is 1. The van der Waals surface area contributed by atoms with E-state index >= 15 is 0 Å². The average Bonchev–Trinajstić information content (AvgIpc) is 3.56. The SMILES string of the molecule is CSCC[C@@H]1NC(=O)C[C@@H]([C@H]2O[C@@H]3OC(C)(C)O[C@@H]3[C@H]2OCc2ccccc2)NC(=O)[C@H](CC(C)C)NC(=O)[C@H](Cc2ccccc2)NC1=O. The Morgan fingerprint density at radius 1 is 0.800 bits per heavy atom. The molecule has 3 aliphatic heterocycles. The van der Waals surface area contributed by atoms with Crippen LogP contribution in [0.2, 0.25) is 0 Å². The molecule has 8 atom stereocenters. The summed E-state index contributed by atoms with van der Waals surface area (Å²) in [7, 11) is 0. The Hall–Kier alpha value is -3.49. The van der Waals surface area contributed by atoms with Gasteiger partial charge in [-0.2, -0.15) is 11.8 Å². The normalized spacial score (nSPS) is 30.3. The summed E-state index contributed by atoms with van der Waals surface area (Å²) in [5, 5.41) is 11.7. The van der Waals surface area contributed by atoms with Crippen LogP contribution < -0.4 is 21.3 Å². The van der Waals surface area contributed by atoms with E-state index in [0.29, 0.717) is 18.6 Å². The molecular weight excluding hydrogens is 660 g/mol. The second-order valence-corrected chi connectivity index (χ2v) is 15.0. The summed E-state index contributed by atoms with van der Waals surface area (Å²) < 4.78 is 25.1. The van der Waals surface area contributed by atoms with Gasteiger partial charge in [-0.15, -0.1) is 0 Å². The number of fused-ring (bicyclic) bond motifs is 1. The molecule has 3 saturated heterocycles. The zero-order valence-corrected chi connectivity index (χ0v) is 30.2. The molecule has 0 aliphatic carbocycles. The number of carbonyl (C=O) groups is 4. The van der Waals surface area contributed by atoms with E-state index in [1.165, 1.54) is 0 Å². The van der Waals surface area contributed by atoms with E-state index in [0.717, 1.165) is 11.1 Å².